The van der Waals surface area contributed by atoms with Gasteiger partial charge in [-0.05, 0) is 24.3 Å². The van der Waals surface area contributed by atoms with Gasteiger partial charge in [0.05, 0.1) is 37.9 Å². The summed E-state index contributed by atoms with van der Waals surface area (Å²) in [4.78, 5) is 23.1. The Morgan fingerprint density at radius 2 is 1.83 bits per heavy atom. The highest BCUT2D eigenvalue weighted by atomic mass is 16.6. The highest BCUT2D eigenvalue weighted by Crippen LogP contribution is 2.33. The first-order chi connectivity index (χ1) is 11.5. The summed E-state index contributed by atoms with van der Waals surface area (Å²) in [5.41, 5.74) is -0.0257. The topological polar surface area (TPSA) is 99.9 Å². The summed E-state index contributed by atoms with van der Waals surface area (Å²) in [6.07, 6.45) is 0. The van der Waals surface area contributed by atoms with Crippen molar-refractivity contribution in [2.45, 2.75) is 0 Å². The molecule has 126 valence electrons. The Labute approximate surface area is 138 Å². The molecule has 0 bridgehead atoms. The molecule has 0 aliphatic rings. The summed E-state index contributed by atoms with van der Waals surface area (Å²) in [6, 6.07) is 8.96. The van der Waals surface area contributed by atoms with E-state index in [1.54, 1.807) is 12.1 Å². The molecule has 0 spiro atoms. The molecule has 1 amide bonds. The van der Waals surface area contributed by atoms with Crippen LogP contribution in [0.15, 0.2) is 36.4 Å². The molecular weight excluding hydrogens is 316 g/mol. The monoisotopic (exact) mass is 332 g/mol. The number of benzene rings is 2. The van der Waals surface area contributed by atoms with Gasteiger partial charge in [0.1, 0.15) is 11.4 Å². The number of methoxy groups -OCH3 is 3. The van der Waals surface area contributed by atoms with Crippen LogP contribution < -0.4 is 19.5 Å². The average Bonchev–Trinajstić information content (AvgIpc) is 2.60. The predicted octanol–water partition coefficient (Wildman–Crippen LogP) is 2.87. The average molecular weight is 332 g/mol. The number of nitro groups is 1. The van der Waals surface area contributed by atoms with Crippen LogP contribution in [0.25, 0.3) is 0 Å². The Morgan fingerprint density at radius 1 is 1.08 bits per heavy atom. The second-order valence-corrected chi connectivity index (χ2v) is 4.64. The number of carbonyl (C=O) groups excluding carboxylic acids is 1. The van der Waals surface area contributed by atoms with Crippen molar-refractivity contribution >= 4 is 17.3 Å². The highest BCUT2D eigenvalue weighted by molar-refractivity contribution is 6.07. The number of hydrogen-bond acceptors (Lipinski definition) is 6. The van der Waals surface area contributed by atoms with Gasteiger partial charge in [0.25, 0.3) is 11.6 Å². The fraction of sp³-hybridized carbons (Fsp3) is 0.188. The first-order valence-corrected chi connectivity index (χ1v) is 6.86. The van der Waals surface area contributed by atoms with Crippen LogP contribution in [-0.2, 0) is 0 Å². The maximum atomic E-state index is 12.5. The Kier molecular flexibility index (Phi) is 5.20. The predicted molar refractivity (Wildman–Crippen MR) is 87.1 cm³/mol. The van der Waals surface area contributed by atoms with E-state index in [1.807, 2.05) is 0 Å². The molecule has 2 rings (SSSR count). The molecule has 0 aliphatic carbocycles. The third-order valence-corrected chi connectivity index (χ3v) is 3.30. The lowest BCUT2D eigenvalue weighted by atomic mass is 10.1. The zero-order chi connectivity index (χ0) is 17.7. The molecule has 0 heterocycles. The van der Waals surface area contributed by atoms with Gasteiger partial charge in [0, 0.05) is 0 Å². The van der Waals surface area contributed by atoms with Crippen LogP contribution in [0.5, 0.6) is 17.2 Å². The van der Waals surface area contributed by atoms with Crippen molar-refractivity contribution in [3.05, 3.63) is 52.1 Å². The van der Waals surface area contributed by atoms with Crippen molar-refractivity contribution in [3.8, 4) is 17.2 Å². The van der Waals surface area contributed by atoms with Crippen LogP contribution in [0.3, 0.4) is 0 Å². The van der Waals surface area contributed by atoms with Crippen LogP contribution in [0.1, 0.15) is 10.4 Å². The van der Waals surface area contributed by atoms with Crippen molar-refractivity contribution in [2.75, 3.05) is 26.6 Å². The lowest BCUT2D eigenvalue weighted by molar-refractivity contribution is -0.384. The largest absolute Gasteiger partial charge is 0.496 e. The van der Waals surface area contributed by atoms with E-state index >= 15 is 0 Å². The second kappa shape index (κ2) is 7.32. The van der Waals surface area contributed by atoms with E-state index < -0.39 is 10.8 Å². The first kappa shape index (κ1) is 17.1. The normalized spacial score (nSPS) is 9.96. The zero-order valence-corrected chi connectivity index (χ0v) is 13.4. The minimum atomic E-state index is -0.596. The number of carbonyl (C=O) groups is 1. The molecule has 0 aromatic heterocycles. The number of ether oxygens (including phenoxy) is 3. The Bertz CT molecular complexity index is 775. The molecule has 0 saturated heterocycles. The number of nitrogens with one attached hydrogen (secondary N) is 1. The van der Waals surface area contributed by atoms with Crippen molar-refractivity contribution in [1.29, 1.82) is 0 Å². The standard InChI is InChI=1S/C16H16N2O6/c1-22-10-7-8-12(13(9-10)18(20)21)17-16(19)11-5-4-6-14(23-2)15(11)24-3/h4-9H,1-3H3,(H,17,19). The molecular formula is C16H16N2O6. The quantitative estimate of drug-likeness (QED) is 0.645. The van der Waals surface area contributed by atoms with Gasteiger partial charge in [-0.1, -0.05) is 6.07 Å². The summed E-state index contributed by atoms with van der Waals surface area (Å²) < 4.78 is 15.3. The van der Waals surface area contributed by atoms with E-state index in [9.17, 15) is 14.9 Å². The van der Waals surface area contributed by atoms with E-state index in [0.717, 1.165) is 0 Å². The minimum Gasteiger partial charge on any atom is -0.496 e. The van der Waals surface area contributed by atoms with Crippen molar-refractivity contribution in [2.24, 2.45) is 0 Å². The molecule has 0 atom stereocenters. The van der Waals surface area contributed by atoms with Gasteiger partial charge >= 0.3 is 0 Å². The van der Waals surface area contributed by atoms with Gasteiger partial charge < -0.3 is 19.5 Å². The fourth-order valence-corrected chi connectivity index (χ4v) is 2.15. The zero-order valence-electron chi connectivity index (χ0n) is 13.4. The van der Waals surface area contributed by atoms with Gasteiger partial charge in [-0.25, -0.2) is 0 Å². The maximum absolute atomic E-state index is 12.5. The van der Waals surface area contributed by atoms with Gasteiger partial charge in [0.15, 0.2) is 11.5 Å². The minimum absolute atomic E-state index is 0.0515. The van der Waals surface area contributed by atoms with Gasteiger partial charge in [-0.2, -0.15) is 0 Å². The van der Waals surface area contributed by atoms with Crippen molar-refractivity contribution in [3.63, 3.8) is 0 Å². The number of para-hydroxylation sites is 1. The summed E-state index contributed by atoms with van der Waals surface area (Å²) >= 11 is 0. The number of amides is 1. The number of hydrogen-bond donors (Lipinski definition) is 1. The number of anilines is 1. The van der Waals surface area contributed by atoms with E-state index in [1.165, 1.54) is 45.6 Å². The molecule has 1 N–H and O–H groups in total. The van der Waals surface area contributed by atoms with Crippen molar-refractivity contribution < 1.29 is 23.9 Å². The van der Waals surface area contributed by atoms with Crippen LogP contribution in [0.4, 0.5) is 11.4 Å². The second-order valence-electron chi connectivity index (χ2n) is 4.64. The lowest BCUT2D eigenvalue weighted by Gasteiger charge is -2.13. The number of rotatable bonds is 6. The summed E-state index contributed by atoms with van der Waals surface area (Å²) in [6.45, 7) is 0. The number of nitro benzene ring substituents is 1. The molecule has 0 unspecified atom stereocenters. The third kappa shape index (κ3) is 3.37. The SMILES string of the molecule is COc1ccc(NC(=O)c2cccc(OC)c2OC)c([N+](=O)[O-])c1. The smallest absolute Gasteiger partial charge is 0.296 e. The van der Waals surface area contributed by atoms with E-state index in [4.69, 9.17) is 14.2 Å². The summed E-state index contributed by atoms with van der Waals surface area (Å²) in [5, 5.41) is 13.7. The molecule has 0 fully saturated rings. The maximum Gasteiger partial charge on any atom is 0.296 e. The molecule has 2 aromatic carbocycles. The highest BCUT2D eigenvalue weighted by Gasteiger charge is 2.21. The number of nitrogens with zero attached hydrogens (tertiary/aromatic N) is 1. The Morgan fingerprint density at radius 3 is 2.42 bits per heavy atom. The third-order valence-electron chi connectivity index (χ3n) is 3.30. The molecule has 2 aromatic rings. The molecule has 0 radical (unpaired) electrons. The molecule has 0 saturated carbocycles. The van der Waals surface area contributed by atoms with E-state index in [0.29, 0.717) is 11.5 Å². The fourth-order valence-electron chi connectivity index (χ4n) is 2.15. The van der Waals surface area contributed by atoms with Gasteiger partial charge in [-0.3, -0.25) is 14.9 Å². The van der Waals surface area contributed by atoms with E-state index in [-0.39, 0.29) is 22.7 Å². The van der Waals surface area contributed by atoms with Gasteiger partial charge in [-0.15, -0.1) is 0 Å². The molecule has 8 nitrogen and oxygen atoms in total. The molecule has 24 heavy (non-hydrogen) atoms. The van der Waals surface area contributed by atoms with Crippen LogP contribution >= 0.6 is 0 Å². The summed E-state index contributed by atoms with van der Waals surface area (Å²) in [5.74, 6) is 0.390. The lowest BCUT2D eigenvalue weighted by Crippen LogP contribution is -2.14. The van der Waals surface area contributed by atoms with Gasteiger partial charge in [0.2, 0.25) is 0 Å². The van der Waals surface area contributed by atoms with Crippen molar-refractivity contribution in [1.82, 2.24) is 0 Å². The molecule has 8 heteroatoms. The Hall–Kier alpha value is -3.29. The van der Waals surface area contributed by atoms with E-state index in [2.05, 4.69) is 5.32 Å². The van der Waals surface area contributed by atoms with Crippen LogP contribution in [0.2, 0.25) is 0 Å². The van der Waals surface area contributed by atoms with Crippen LogP contribution in [-0.4, -0.2) is 32.2 Å². The summed E-state index contributed by atoms with van der Waals surface area (Å²) in [7, 11) is 4.26. The van der Waals surface area contributed by atoms with Crippen LogP contribution in [0, 0.1) is 10.1 Å². The first-order valence-electron chi connectivity index (χ1n) is 6.86. The molecule has 0 aliphatic heterocycles. The Balaban J connectivity index is 2.39.